The van der Waals surface area contributed by atoms with Crippen LogP contribution in [0, 0.1) is 5.41 Å². The van der Waals surface area contributed by atoms with E-state index in [2.05, 4.69) is 0 Å². The van der Waals surface area contributed by atoms with Crippen molar-refractivity contribution in [1.82, 2.24) is 9.36 Å². The molecule has 5 nitrogen and oxygen atoms in total. The van der Waals surface area contributed by atoms with Crippen molar-refractivity contribution < 1.29 is 4.79 Å². The van der Waals surface area contributed by atoms with E-state index in [4.69, 9.17) is 0 Å². The summed E-state index contributed by atoms with van der Waals surface area (Å²) in [6, 6.07) is 20.3. The number of benzene rings is 3. The lowest BCUT2D eigenvalue weighted by Crippen LogP contribution is -2.37. The average Bonchev–Trinajstić information content (AvgIpc) is 3.12. The zero-order valence-electron chi connectivity index (χ0n) is 18.0. The molecule has 5 heteroatoms. The van der Waals surface area contributed by atoms with Crippen LogP contribution in [0.4, 0.5) is 0 Å². The van der Waals surface area contributed by atoms with E-state index in [1.807, 2.05) is 56.3 Å². The quantitative estimate of drug-likeness (QED) is 0.453. The highest BCUT2D eigenvalue weighted by atomic mass is 16.2. The average molecular weight is 422 g/mol. The molecule has 0 spiro atoms. The number of aromatic nitrogens is 2. The third-order valence-electron chi connectivity index (χ3n) is 6.76. The predicted octanol–water partition coefficient (Wildman–Crippen LogP) is 4.52. The Morgan fingerprint density at radius 1 is 0.781 bits per heavy atom. The molecule has 0 saturated carbocycles. The summed E-state index contributed by atoms with van der Waals surface area (Å²) >= 11 is 0. The number of nitrogens with zero attached hydrogens (tertiary/aromatic N) is 2. The standard InChI is InChI=1S/C27H22N2O3/c1-27(2)14-21-23(22(30)15-27)24(18-12-11-16-7-3-4-8-17(16)13-18)29-26(32)20-10-6-5-9-19(20)25(31)28(21)29/h3-13,24H,14-15H2,1-2H3. The molecule has 0 amide bonds. The lowest BCUT2D eigenvalue weighted by Gasteiger charge is -2.30. The Kier molecular flexibility index (Phi) is 3.79. The van der Waals surface area contributed by atoms with Crippen molar-refractivity contribution >= 4 is 33.0 Å². The van der Waals surface area contributed by atoms with Gasteiger partial charge >= 0.3 is 0 Å². The third-order valence-corrected chi connectivity index (χ3v) is 6.76. The van der Waals surface area contributed by atoms with E-state index >= 15 is 0 Å². The molecule has 0 radical (unpaired) electrons. The van der Waals surface area contributed by atoms with E-state index in [0.717, 1.165) is 16.3 Å². The van der Waals surface area contributed by atoms with Gasteiger partial charge in [-0.25, -0.2) is 9.36 Å². The minimum atomic E-state index is -0.608. The first-order valence-corrected chi connectivity index (χ1v) is 10.9. The summed E-state index contributed by atoms with van der Waals surface area (Å²) in [7, 11) is 0. The van der Waals surface area contributed by atoms with E-state index in [-0.39, 0.29) is 22.3 Å². The number of carbonyl (C=O) groups is 1. The summed E-state index contributed by atoms with van der Waals surface area (Å²) in [5.74, 6) is 0.00784. The molecule has 1 aliphatic heterocycles. The van der Waals surface area contributed by atoms with E-state index in [0.29, 0.717) is 34.9 Å². The third kappa shape index (κ3) is 2.54. The molecule has 1 aliphatic carbocycles. The van der Waals surface area contributed by atoms with Crippen molar-refractivity contribution in [3.63, 3.8) is 0 Å². The highest BCUT2D eigenvalue weighted by Gasteiger charge is 2.44. The summed E-state index contributed by atoms with van der Waals surface area (Å²) in [4.78, 5) is 40.7. The van der Waals surface area contributed by atoms with Gasteiger partial charge in [-0.15, -0.1) is 0 Å². The zero-order valence-corrected chi connectivity index (χ0v) is 18.0. The van der Waals surface area contributed by atoms with Crippen LogP contribution in [0.3, 0.4) is 0 Å². The van der Waals surface area contributed by atoms with Crippen LogP contribution in [0.25, 0.3) is 27.2 Å². The lowest BCUT2D eigenvalue weighted by molar-refractivity contribution is -0.118. The minimum absolute atomic E-state index is 0.00784. The molecule has 158 valence electrons. The van der Waals surface area contributed by atoms with Crippen LogP contribution in [0.15, 0.2) is 81.9 Å². The summed E-state index contributed by atoms with van der Waals surface area (Å²) in [6.45, 7) is 4.07. The first-order valence-electron chi connectivity index (χ1n) is 10.9. The summed E-state index contributed by atoms with van der Waals surface area (Å²) < 4.78 is 3.00. The van der Waals surface area contributed by atoms with Gasteiger partial charge in [0.25, 0.3) is 11.1 Å². The fraction of sp³-hybridized carbons (Fsp3) is 0.222. The van der Waals surface area contributed by atoms with Gasteiger partial charge in [0.1, 0.15) is 6.04 Å². The van der Waals surface area contributed by atoms with Crippen LogP contribution in [0.2, 0.25) is 0 Å². The highest BCUT2D eigenvalue weighted by Crippen LogP contribution is 2.47. The topological polar surface area (TPSA) is 61.1 Å². The fourth-order valence-corrected chi connectivity index (χ4v) is 5.38. The van der Waals surface area contributed by atoms with Crippen molar-refractivity contribution in [2.75, 3.05) is 0 Å². The molecule has 1 atom stereocenters. The Bertz CT molecular complexity index is 1620. The summed E-state index contributed by atoms with van der Waals surface area (Å²) in [5, 5.41) is 2.88. The van der Waals surface area contributed by atoms with Crippen molar-refractivity contribution in [3.8, 4) is 0 Å². The van der Waals surface area contributed by atoms with Gasteiger partial charge in [-0.05, 0) is 46.4 Å². The van der Waals surface area contributed by atoms with Crippen molar-refractivity contribution in [1.29, 1.82) is 0 Å². The van der Waals surface area contributed by atoms with E-state index in [1.54, 1.807) is 24.3 Å². The molecular weight excluding hydrogens is 400 g/mol. The van der Waals surface area contributed by atoms with Gasteiger partial charge in [0.15, 0.2) is 5.78 Å². The Morgan fingerprint density at radius 2 is 1.44 bits per heavy atom. The van der Waals surface area contributed by atoms with Gasteiger partial charge in [-0.1, -0.05) is 62.4 Å². The van der Waals surface area contributed by atoms with Crippen LogP contribution >= 0.6 is 0 Å². The Balaban J connectivity index is 1.73. The smallest absolute Gasteiger partial charge is 0.277 e. The van der Waals surface area contributed by atoms with Gasteiger partial charge < -0.3 is 0 Å². The van der Waals surface area contributed by atoms with E-state index < -0.39 is 6.04 Å². The maximum atomic E-state index is 13.7. The second-order valence-electron chi connectivity index (χ2n) is 9.62. The maximum absolute atomic E-state index is 13.7. The van der Waals surface area contributed by atoms with E-state index in [9.17, 15) is 14.4 Å². The predicted molar refractivity (Wildman–Crippen MR) is 126 cm³/mol. The first-order chi connectivity index (χ1) is 15.4. The SMILES string of the molecule is CC1(C)CC(=O)C2=C(C1)n1c(=O)c3ccccc3c(=O)n1C2c1ccc2ccccc2c1. The molecule has 32 heavy (non-hydrogen) atoms. The lowest BCUT2D eigenvalue weighted by atomic mass is 9.74. The largest absolute Gasteiger partial charge is 0.294 e. The van der Waals surface area contributed by atoms with Gasteiger partial charge in [0.05, 0.1) is 16.5 Å². The molecular formula is C27H22N2O3. The molecule has 0 fully saturated rings. The Hall–Kier alpha value is -3.73. The number of hydrogen-bond acceptors (Lipinski definition) is 3. The molecule has 4 aromatic rings. The van der Waals surface area contributed by atoms with Crippen molar-refractivity contribution in [2.24, 2.45) is 5.41 Å². The van der Waals surface area contributed by atoms with Crippen LogP contribution < -0.4 is 11.1 Å². The van der Waals surface area contributed by atoms with Gasteiger partial charge in [-0.2, -0.15) is 0 Å². The van der Waals surface area contributed by atoms with Crippen LogP contribution in [-0.4, -0.2) is 15.1 Å². The van der Waals surface area contributed by atoms with Gasteiger partial charge in [-0.3, -0.25) is 14.4 Å². The zero-order chi connectivity index (χ0) is 22.2. The number of rotatable bonds is 1. The summed E-state index contributed by atoms with van der Waals surface area (Å²) in [5.41, 5.74) is 1.30. The van der Waals surface area contributed by atoms with Gasteiger partial charge in [0.2, 0.25) is 0 Å². The minimum Gasteiger partial charge on any atom is -0.294 e. The van der Waals surface area contributed by atoms with E-state index in [1.165, 1.54) is 9.36 Å². The fourth-order valence-electron chi connectivity index (χ4n) is 5.38. The monoisotopic (exact) mass is 422 g/mol. The first kappa shape index (κ1) is 19.0. The van der Waals surface area contributed by atoms with Crippen LogP contribution in [0.5, 0.6) is 0 Å². The second kappa shape index (κ2) is 6.39. The molecule has 6 rings (SSSR count). The molecule has 0 bridgehead atoms. The number of fused-ring (bicyclic) bond motifs is 4. The molecule has 1 unspecified atom stereocenters. The Morgan fingerprint density at radius 3 is 2.19 bits per heavy atom. The van der Waals surface area contributed by atoms with Crippen molar-refractivity contribution in [2.45, 2.75) is 32.7 Å². The number of Topliss-reactive ketones (excluding diaryl/α,β-unsaturated/α-hetero) is 1. The normalized spacial score (nSPS) is 19.4. The molecule has 3 aromatic carbocycles. The number of carbonyl (C=O) groups excluding carboxylic acids is 1. The van der Waals surface area contributed by atoms with Gasteiger partial charge in [0, 0.05) is 12.0 Å². The van der Waals surface area contributed by atoms with Crippen LogP contribution in [0.1, 0.15) is 38.3 Å². The molecule has 0 saturated heterocycles. The number of hydrogen-bond donors (Lipinski definition) is 0. The molecule has 1 aromatic heterocycles. The Labute approximate surface area is 184 Å². The van der Waals surface area contributed by atoms with Crippen molar-refractivity contribution in [3.05, 3.63) is 98.6 Å². The molecule has 2 heterocycles. The maximum Gasteiger partial charge on any atom is 0.277 e. The summed E-state index contributed by atoms with van der Waals surface area (Å²) in [6.07, 6.45) is 0.961. The number of ketones is 1. The van der Waals surface area contributed by atoms with Crippen LogP contribution in [-0.2, 0) is 4.79 Å². The number of allylic oxidation sites excluding steroid dienone is 2. The second-order valence-corrected chi connectivity index (χ2v) is 9.62. The molecule has 0 N–H and O–H groups in total. The molecule has 2 aliphatic rings. The highest BCUT2D eigenvalue weighted by molar-refractivity contribution is 6.05.